The minimum Gasteiger partial charge on any atom is -0.469 e. The van der Waals surface area contributed by atoms with Crippen LogP contribution in [0.3, 0.4) is 0 Å². The lowest BCUT2D eigenvalue weighted by Crippen LogP contribution is -2.14. The molecule has 84 valence electrons. The van der Waals surface area contributed by atoms with Crippen LogP contribution >= 0.6 is 34.7 Å². The summed E-state index contributed by atoms with van der Waals surface area (Å²) in [6.45, 7) is 1.84. The Labute approximate surface area is 101 Å². The molecular formula is C8H11ClN2O2S2. The van der Waals surface area contributed by atoms with Gasteiger partial charge in [-0.05, 0) is 11.6 Å². The Kier molecular flexibility index (Phi) is 5.35. The van der Waals surface area contributed by atoms with Gasteiger partial charge in [0.05, 0.1) is 13.0 Å². The predicted octanol–water partition coefficient (Wildman–Crippen LogP) is 2.23. The lowest BCUT2D eigenvalue weighted by molar-refractivity contribution is -0.143. The van der Waals surface area contributed by atoms with E-state index in [-0.39, 0.29) is 11.9 Å². The molecule has 0 aromatic carbocycles. The summed E-state index contributed by atoms with van der Waals surface area (Å²) in [5.74, 6) is 1.16. The van der Waals surface area contributed by atoms with Crippen LogP contribution in [0.5, 0.6) is 0 Å². The van der Waals surface area contributed by atoms with Gasteiger partial charge in [-0.1, -0.05) is 18.3 Å². The number of esters is 1. The van der Waals surface area contributed by atoms with Crippen molar-refractivity contribution in [2.75, 3.05) is 12.9 Å². The van der Waals surface area contributed by atoms with Gasteiger partial charge in [0, 0.05) is 11.5 Å². The number of hydrogen-bond donors (Lipinski definition) is 0. The third-order valence-electron chi connectivity index (χ3n) is 1.64. The monoisotopic (exact) mass is 266 g/mol. The molecule has 0 N–H and O–H groups in total. The molecule has 0 aliphatic carbocycles. The summed E-state index contributed by atoms with van der Waals surface area (Å²) in [6, 6.07) is 0. The van der Waals surface area contributed by atoms with Crippen LogP contribution in [0.1, 0.15) is 11.9 Å². The lowest BCUT2D eigenvalue weighted by Gasteiger charge is -2.06. The van der Waals surface area contributed by atoms with Gasteiger partial charge < -0.3 is 4.74 Å². The number of hydrogen-bond acceptors (Lipinski definition) is 6. The lowest BCUT2D eigenvalue weighted by atomic mass is 10.2. The molecule has 0 saturated heterocycles. The van der Waals surface area contributed by atoms with Crippen LogP contribution in [0, 0.1) is 5.92 Å². The Morgan fingerprint density at radius 2 is 2.40 bits per heavy atom. The van der Waals surface area contributed by atoms with Crippen molar-refractivity contribution in [2.24, 2.45) is 5.92 Å². The van der Waals surface area contributed by atoms with Crippen molar-refractivity contribution in [3.8, 4) is 0 Å². The molecule has 1 aromatic heterocycles. The number of ether oxygens (including phenoxy) is 1. The first kappa shape index (κ1) is 12.7. The van der Waals surface area contributed by atoms with E-state index in [9.17, 15) is 4.79 Å². The molecule has 1 unspecified atom stereocenters. The first-order valence-electron chi connectivity index (χ1n) is 4.27. The number of methoxy groups -OCH3 is 1. The van der Waals surface area contributed by atoms with E-state index < -0.39 is 0 Å². The molecule has 0 aliphatic heterocycles. The SMILES string of the molecule is COC(=O)C(C)CSCc1nnc(Cl)s1. The summed E-state index contributed by atoms with van der Waals surface area (Å²) >= 11 is 8.62. The Bertz CT molecular complexity index is 332. The molecular weight excluding hydrogens is 256 g/mol. The fraction of sp³-hybridized carbons (Fsp3) is 0.625. The van der Waals surface area contributed by atoms with E-state index in [1.165, 1.54) is 18.4 Å². The van der Waals surface area contributed by atoms with Crippen LogP contribution < -0.4 is 0 Å². The van der Waals surface area contributed by atoms with Crippen LogP contribution in [-0.4, -0.2) is 29.0 Å². The van der Waals surface area contributed by atoms with Crippen molar-refractivity contribution in [3.63, 3.8) is 0 Å². The summed E-state index contributed by atoms with van der Waals surface area (Å²) in [5.41, 5.74) is 0. The zero-order valence-corrected chi connectivity index (χ0v) is 10.8. The summed E-state index contributed by atoms with van der Waals surface area (Å²) in [4.78, 5) is 11.1. The first-order chi connectivity index (χ1) is 7.13. The highest BCUT2D eigenvalue weighted by atomic mass is 35.5. The maximum Gasteiger partial charge on any atom is 0.309 e. The predicted molar refractivity (Wildman–Crippen MR) is 62.3 cm³/mol. The maximum absolute atomic E-state index is 11.1. The van der Waals surface area contributed by atoms with E-state index in [1.54, 1.807) is 11.8 Å². The van der Waals surface area contributed by atoms with Crippen molar-refractivity contribution in [3.05, 3.63) is 9.47 Å². The topological polar surface area (TPSA) is 52.1 Å². The highest BCUT2D eigenvalue weighted by Crippen LogP contribution is 2.21. The Morgan fingerprint density at radius 3 is 2.93 bits per heavy atom. The van der Waals surface area contributed by atoms with Crippen LogP contribution in [-0.2, 0) is 15.3 Å². The molecule has 1 heterocycles. The van der Waals surface area contributed by atoms with Gasteiger partial charge in [-0.3, -0.25) is 4.79 Å². The number of halogens is 1. The minimum atomic E-state index is -0.183. The average Bonchev–Trinajstić information content (AvgIpc) is 2.63. The number of nitrogens with zero attached hydrogens (tertiary/aromatic N) is 2. The van der Waals surface area contributed by atoms with E-state index in [0.717, 1.165) is 10.8 Å². The Morgan fingerprint density at radius 1 is 1.67 bits per heavy atom. The largest absolute Gasteiger partial charge is 0.469 e. The van der Waals surface area contributed by atoms with E-state index in [2.05, 4.69) is 14.9 Å². The molecule has 0 amide bonds. The maximum atomic E-state index is 11.1. The van der Waals surface area contributed by atoms with Crippen molar-refractivity contribution in [1.29, 1.82) is 0 Å². The van der Waals surface area contributed by atoms with Gasteiger partial charge in [-0.15, -0.1) is 10.2 Å². The number of carbonyl (C=O) groups is 1. The van der Waals surface area contributed by atoms with Gasteiger partial charge in [0.1, 0.15) is 5.01 Å². The fourth-order valence-corrected chi connectivity index (χ4v) is 2.87. The van der Waals surface area contributed by atoms with Crippen molar-refractivity contribution in [2.45, 2.75) is 12.7 Å². The zero-order chi connectivity index (χ0) is 11.3. The molecule has 0 saturated carbocycles. The second kappa shape index (κ2) is 6.30. The van der Waals surface area contributed by atoms with Crippen LogP contribution in [0.15, 0.2) is 0 Å². The quantitative estimate of drug-likeness (QED) is 0.765. The molecule has 1 rings (SSSR count). The van der Waals surface area contributed by atoms with E-state index >= 15 is 0 Å². The average molecular weight is 267 g/mol. The van der Waals surface area contributed by atoms with Gasteiger partial charge >= 0.3 is 5.97 Å². The van der Waals surface area contributed by atoms with Gasteiger partial charge in [0.2, 0.25) is 4.47 Å². The number of thioether (sulfide) groups is 1. The smallest absolute Gasteiger partial charge is 0.309 e. The number of rotatable bonds is 5. The molecule has 0 spiro atoms. The zero-order valence-electron chi connectivity index (χ0n) is 8.40. The second-order valence-electron chi connectivity index (χ2n) is 2.89. The summed E-state index contributed by atoms with van der Waals surface area (Å²) in [7, 11) is 1.40. The first-order valence-corrected chi connectivity index (χ1v) is 6.62. The molecule has 4 nitrogen and oxygen atoms in total. The highest BCUT2D eigenvalue weighted by molar-refractivity contribution is 7.98. The normalized spacial score (nSPS) is 12.5. The fourth-order valence-electron chi connectivity index (χ4n) is 0.884. The van der Waals surface area contributed by atoms with Crippen LogP contribution in [0.4, 0.5) is 0 Å². The van der Waals surface area contributed by atoms with Crippen LogP contribution in [0.2, 0.25) is 4.47 Å². The van der Waals surface area contributed by atoms with E-state index in [1.807, 2.05) is 6.92 Å². The molecule has 0 radical (unpaired) electrons. The third kappa shape index (κ3) is 4.36. The molecule has 1 aromatic rings. The number of aromatic nitrogens is 2. The van der Waals surface area contributed by atoms with Gasteiger partial charge in [-0.25, -0.2) is 0 Å². The van der Waals surface area contributed by atoms with Crippen molar-refractivity contribution < 1.29 is 9.53 Å². The van der Waals surface area contributed by atoms with Gasteiger partial charge in [0.25, 0.3) is 0 Å². The molecule has 0 fully saturated rings. The molecule has 1 atom stereocenters. The van der Waals surface area contributed by atoms with Gasteiger partial charge in [0.15, 0.2) is 0 Å². The van der Waals surface area contributed by atoms with Crippen molar-refractivity contribution >= 4 is 40.7 Å². The molecule has 0 bridgehead atoms. The highest BCUT2D eigenvalue weighted by Gasteiger charge is 2.13. The third-order valence-corrected chi connectivity index (χ3v) is 4.05. The standard InChI is InChI=1S/C8H11ClN2O2S2/c1-5(7(12)13-2)3-14-4-6-10-11-8(9)15-6/h5H,3-4H2,1-2H3. The molecule has 7 heteroatoms. The van der Waals surface area contributed by atoms with E-state index in [4.69, 9.17) is 11.6 Å². The summed E-state index contributed by atoms with van der Waals surface area (Å²) in [5, 5.41) is 8.45. The minimum absolute atomic E-state index is 0.0941. The van der Waals surface area contributed by atoms with Gasteiger partial charge in [-0.2, -0.15) is 11.8 Å². The van der Waals surface area contributed by atoms with Crippen molar-refractivity contribution in [1.82, 2.24) is 10.2 Å². The summed E-state index contributed by atoms with van der Waals surface area (Å²) < 4.78 is 5.07. The van der Waals surface area contributed by atoms with E-state index in [0.29, 0.717) is 10.2 Å². The summed E-state index contributed by atoms with van der Waals surface area (Å²) in [6.07, 6.45) is 0. The second-order valence-corrected chi connectivity index (χ2v) is 5.56. The van der Waals surface area contributed by atoms with Crippen LogP contribution in [0.25, 0.3) is 0 Å². The Balaban J connectivity index is 2.24. The number of carbonyl (C=O) groups excluding carboxylic acids is 1. The Hall–Kier alpha value is -0.330. The molecule has 0 aliphatic rings. The molecule has 15 heavy (non-hydrogen) atoms.